The molecule has 7 nitrogen and oxygen atoms in total. The third-order valence-corrected chi connectivity index (χ3v) is 3.29. The molecular formula is C14H16N4O3. The Morgan fingerprint density at radius 2 is 2.43 bits per heavy atom. The van der Waals surface area contributed by atoms with Gasteiger partial charge in [-0.1, -0.05) is 6.07 Å². The first-order chi connectivity index (χ1) is 10.3. The molecule has 0 spiro atoms. The molecule has 1 aliphatic heterocycles. The molecule has 0 aliphatic carbocycles. The number of ether oxygens (including phenoxy) is 2. The highest BCUT2D eigenvalue weighted by Gasteiger charge is 2.21. The van der Waals surface area contributed by atoms with Crippen LogP contribution in [-0.2, 0) is 4.74 Å². The molecule has 1 aliphatic rings. The lowest BCUT2D eigenvalue weighted by Gasteiger charge is -2.04. The van der Waals surface area contributed by atoms with Crippen molar-refractivity contribution < 1.29 is 14.3 Å². The van der Waals surface area contributed by atoms with E-state index in [0.29, 0.717) is 17.1 Å². The first-order valence-corrected chi connectivity index (χ1v) is 6.75. The number of anilines is 1. The van der Waals surface area contributed by atoms with Gasteiger partial charge in [0.15, 0.2) is 5.82 Å². The van der Waals surface area contributed by atoms with Crippen molar-refractivity contribution in [3.05, 3.63) is 35.7 Å². The molecule has 0 unspecified atom stereocenters. The van der Waals surface area contributed by atoms with Gasteiger partial charge >= 0.3 is 0 Å². The highest BCUT2D eigenvalue weighted by molar-refractivity contribution is 6.03. The number of nitrogens with one attached hydrogen (secondary N) is 2. The molecule has 1 amide bonds. The van der Waals surface area contributed by atoms with Crippen molar-refractivity contribution in [1.82, 2.24) is 15.2 Å². The third-order valence-electron chi connectivity index (χ3n) is 3.29. The zero-order chi connectivity index (χ0) is 14.7. The molecule has 2 heterocycles. The van der Waals surface area contributed by atoms with Crippen molar-refractivity contribution in [3.8, 4) is 5.75 Å². The lowest BCUT2D eigenvalue weighted by Crippen LogP contribution is -2.13. The van der Waals surface area contributed by atoms with E-state index in [1.165, 1.54) is 0 Å². The number of rotatable bonds is 4. The number of amides is 1. The first kappa shape index (κ1) is 13.6. The third kappa shape index (κ3) is 3.03. The van der Waals surface area contributed by atoms with E-state index in [4.69, 9.17) is 9.47 Å². The molecule has 0 radical (unpaired) electrons. The van der Waals surface area contributed by atoms with E-state index in [-0.39, 0.29) is 18.0 Å². The van der Waals surface area contributed by atoms with Gasteiger partial charge in [-0.3, -0.25) is 15.2 Å². The van der Waals surface area contributed by atoms with Gasteiger partial charge in [-0.25, -0.2) is 0 Å². The second-order valence-electron chi connectivity index (χ2n) is 4.73. The molecule has 2 N–H and O–H groups in total. The second kappa shape index (κ2) is 5.92. The van der Waals surface area contributed by atoms with Crippen molar-refractivity contribution in [3.63, 3.8) is 0 Å². The smallest absolute Gasteiger partial charge is 0.258 e. The highest BCUT2D eigenvalue weighted by Crippen LogP contribution is 2.26. The Morgan fingerprint density at radius 1 is 1.52 bits per heavy atom. The van der Waals surface area contributed by atoms with Gasteiger partial charge in [0.2, 0.25) is 5.95 Å². The monoisotopic (exact) mass is 288 g/mol. The Kier molecular flexibility index (Phi) is 3.83. The van der Waals surface area contributed by atoms with E-state index in [1.807, 2.05) is 0 Å². The van der Waals surface area contributed by atoms with Crippen molar-refractivity contribution >= 4 is 11.9 Å². The van der Waals surface area contributed by atoms with Gasteiger partial charge in [0.05, 0.1) is 7.11 Å². The van der Waals surface area contributed by atoms with Gasteiger partial charge in [0, 0.05) is 12.2 Å². The van der Waals surface area contributed by atoms with Gasteiger partial charge in [-0.05, 0) is 31.0 Å². The number of hydrogen-bond acceptors (Lipinski definition) is 5. The van der Waals surface area contributed by atoms with E-state index < -0.39 is 0 Å². The van der Waals surface area contributed by atoms with Crippen molar-refractivity contribution in [2.45, 2.75) is 18.9 Å². The van der Waals surface area contributed by atoms with Crippen molar-refractivity contribution in [2.75, 3.05) is 19.0 Å². The number of benzene rings is 1. The van der Waals surface area contributed by atoms with Crippen molar-refractivity contribution in [1.29, 1.82) is 0 Å². The molecule has 21 heavy (non-hydrogen) atoms. The van der Waals surface area contributed by atoms with Gasteiger partial charge in [0.25, 0.3) is 5.91 Å². The van der Waals surface area contributed by atoms with Gasteiger partial charge < -0.3 is 9.47 Å². The summed E-state index contributed by atoms with van der Waals surface area (Å²) in [4.78, 5) is 16.4. The van der Waals surface area contributed by atoms with Gasteiger partial charge in [-0.15, -0.1) is 5.10 Å². The molecule has 1 fully saturated rings. The summed E-state index contributed by atoms with van der Waals surface area (Å²) < 4.78 is 10.6. The Labute approximate surface area is 121 Å². The molecule has 2 aromatic rings. The fourth-order valence-electron chi connectivity index (χ4n) is 2.21. The minimum Gasteiger partial charge on any atom is -0.497 e. The zero-order valence-electron chi connectivity index (χ0n) is 11.6. The molecule has 0 saturated carbocycles. The quantitative estimate of drug-likeness (QED) is 0.897. The number of aromatic amines is 1. The predicted molar refractivity (Wildman–Crippen MR) is 75.3 cm³/mol. The minimum atomic E-state index is -0.285. The van der Waals surface area contributed by atoms with Crippen LogP contribution in [-0.4, -0.2) is 34.8 Å². The van der Waals surface area contributed by atoms with Crippen LogP contribution in [0.4, 0.5) is 5.95 Å². The van der Waals surface area contributed by atoms with E-state index in [9.17, 15) is 4.79 Å². The Morgan fingerprint density at radius 3 is 3.19 bits per heavy atom. The summed E-state index contributed by atoms with van der Waals surface area (Å²) in [5.74, 6) is 1.23. The van der Waals surface area contributed by atoms with Gasteiger partial charge in [-0.2, -0.15) is 4.98 Å². The van der Waals surface area contributed by atoms with Crippen LogP contribution < -0.4 is 10.1 Å². The first-order valence-electron chi connectivity index (χ1n) is 6.75. The van der Waals surface area contributed by atoms with Crippen LogP contribution in [0.5, 0.6) is 5.75 Å². The summed E-state index contributed by atoms with van der Waals surface area (Å²) in [6.07, 6.45) is 1.87. The van der Waals surface area contributed by atoms with Crippen molar-refractivity contribution in [2.24, 2.45) is 0 Å². The summed E-state index contributed by atoms with van der Waals surface area (Å²) in [6, 6.07) is 6.89. The average molecular weight is 288 g/mol. The zero-order valence-corrected chi connectivity index (χ0v) is 11.6. The Balaban J connectivity index is 1.69. The summed E-state index contributed by atoms with van der Waals surface area (Å²) in [5, 5.41) is 9.44. The molecule has 110 valence electrons. The number of aromatic nitrogens is 3. The van der Waals surface area contributed by atoms with Crippen LogP contribution in [0.25, 0.3) is 0 Å². The molecule has 1 aromatic heterocycles. The van der Waals surface area contributed by atoms with Crippen LogP contribution >= 0.6 is 0 Å². The maximum Gasteiger partial charge on any atom is 0.258 e. The SMILES string of the molecule is COc1cccc(C(=O)Nc2n[nH]c([C@H]3CCCO3)n2)c1. The fraction of sp³-hybridized carbons (Fsp3) is 0.357. The van der Waals surface area contributed by atoms with E-state index in [1.54, 1.807) is 31.4 Å². The fourth-order valence-corrected chi connectivity index (χ4v) is 2.21. The standard InChI is InChI=1S/C14H16N4O3/c1-20-10-5-2-4-9(8-10)13(19)16-14-15-12(17-18-14)11-6-3-7-21-11/h2,4-5,8,11H,3,6-7H2,1H3,(H2,15,16,17,18,19)/t11-/m1/s1. The molecular weight excluding hydrogens is 272 g/mol. The predicted octanol–water partition coefficient (Wildman–Crippen LogP) is 1.92. The lowest BCUT2D eigenvalue weighted by atomic mass is 10.2. The van der Waals surface area contributed by atoms with Crippen LogP contribution in [0.3, 0.4) is 0 Å². The van der Waals surface area contributed by atoms with E-state index in [2.05, 4.69) is 20.5 Å². The Bertz CT molecular complexity index is 635. The maximum absolute atomic E-state index is 12.1. The summed E-state index contributed by atoms with van der Waals surface area (Å²) in [5.41, 5.74) is 0.484. The summed E-state index contributed by atoms with van der Waals surface area (Å²) in [7, 11) is 1.56. The lowest BCUT2D eigenvalue weighted by molar-refractivity contribution is 0.102. The van der Waals surface area contributed by atoms with E-state index in [0.717, 1.165) is 19.4 Å². The van der Waals surface area contributed by atoms with Crippen LogP contribution in [0.1, 0.15) is 35.1 Å². The minimum absolute atomic E-state index is 0.0556. The Hall–Kier alpha value is -2.41. The number of nitrogens with zero attached hydrogens (tertiary/aromatic N) is 2. The van der Waals surface area contributed by atoms with Crippen LogP contribution in [0.15, 0.2) is 24.3 Å². The molecule has 1 saturated heterocycles. The van der Waals surface area contributed by atoms with Crippen LogP contribution in [0.2, 0.25) is 0 Å². The number of hydrogen-bond donors (Lipinski definition) is 2. The molecule has 1 atom stereocenters. The highest BCUT2D eigenvalue weighted by atomic mass is 16.5. The molecule has 7 heteroatoms. The molecule has 3 rings (SSSR count). The number of methoxy groups -OCH3 is 1. The normalized spacial score (nSPS) is 17.7. The van der Waals surface area contributed by atoms with Crippen LogP contribution in [0, 0.1) is 0 Å². The van der Waals surface area contributed by atoms with E-state index >= 15 is 0 Å². The second-order valence-corrected chi connectivity index (χ2v) is 4.73. The molecule has 1 aromatic carbocycles. The topological polar surface area (TPSA) is 89.1 Å². The largest absolute Gasteiger partial charge is 0.497 e. The van der Waals surface area contributed by atoms with Gasteiger partial charge in [0.1, 0.15) is 11.9 Å². The maximum atomic E-state index is 12.1. The average Bonchev–Trinajstić information content (AvgIpc) is 3.18. The molecule has 0 bridgehead atoms. The number of carbonyl (C=O) groups excluding carboxylic acids is 1. The number of carbonyl (C=O) groups is 1. The number of H-pyrrole nitrogens is 1. The summed E-state index contributed by atoms with van der Waals surface area (Å²) in [6.45, 7) is 0.733. The summed E-state index contributed by atoms with van der Waals surface area (Å²) >= 11 is 0.